The van der Waals surface area contributed by atoms with E-state index >= 15 is 0 Å². The van der Waals surface area contributed by atoms with Crippen LogP contribution in [0, 0.1) is 0 Å². The van der Waals surface area contributed by atoms with E-state index in [0.29, 0.717) is 19.4 Å². The van der Waals surface area contributed by atoms with Crippen molar-refractivity contribution in [3.8, 4) is 0 Å². The standard InChI is InChI=1S/C5H11NO3/c7-5(8)3-1-2-4-6-9/h6,9H,1-4H2,(H,7,8). The molecule has 4 heteroatoms. The van der Waals surface area contributed by atoms with Crippen LogP contribution in [0.15, 0.2) is 0 Å². The van der Waals surface area contributed by atoms with Gasteiger partial charge in [0.25, 0.3) is 0 Å². The second-order valence-corrected chi connectivity index (χ2v) is 1.76. The van der Waals surface area contributed by atoms with Crippen LogP contribution >= 0.6 is 0 Å². The van der Waals surface area contributed by atoms with Crippen molar-refractivity contribution in [2.24, 2.45) is 0 Å². The zero-order chi connectivity index (χ0) is 7.11. The lowest BCUT2D eigenvalue weighted by Gasteiger charge is -1.93. The van der Waals surface area contributed by atoms with Crippen molar-refractivity contribution < 1.29 is 15.1 Å². The molecule has 3 N–H and O–H groups in total. The number of hydrogen-bond acceptors (Lipinski definition) is 3. The quantitative estimate of drug-likeness (QED) is 0.370. The maximum absolute atomic E-state index is 9.88. The molecule has 4 nitrogen and oxygen atoms in total. The lowest BCUT2D eigenvalue weighted by atomic mass is 10.2. The first-order valence-electron chi connectivity index (χ1n) is 2.86. The highest BCUT2D eigenvalue weighted by atomic mass is 16.5. The summed E-state index contributed by atoms with van der Waals surface area (Å²) in [6, 6.07) is 0. The summed E-state index contributed by atoms with van der Waals surface area (Å²) < 4.78 is 0. The number of hydroxylamine groups is 1. The minimum atomic E-state index is -0.784. The summed E-state index contributed by atoms with van der Waals surface area (Å²) in [4.78, 5) is 9.88. The minimum Gasteiger partial charge on any atom is -0.481 e. The Labute approximate surface area is 53.5 Å². The molecule has 0 radical (unpaired) electrons. The van der Waals surface area contributed by atoms with Crippen LogP contribution in [-0.2, 0) is 4.79 Å². The third-order valence-corrected chi connectivity index (χ3v) is 0.929. The first-order chi connectivity index (χ1) is 4.27. The number of aliphatic carboxylic acids is 1. The average Bonchev–Trinajstić information content (AvgIpc) is 1.80. The maximum Gasteiger partial charge on any atom is 0.303 e. The van der Waals surface area contributed by atoms with Gasteiger partial charge in [0.2, 0.25) is 0 Å². The normalized spacial score (nSPS) is 9.44. The summed E-state index contributed by atoms with van der Waals surface area (Å²) in [6.45, 7) is 0.466. The van der Waals surface area contributed by atoms with Gasteiger partial charge in [-0.05, 0) is 12.8 Å². The van der Waals surface area contributed by atoms with Crippen LogP contribution in [-0.4, -0.2) is 22.8 Å². The fraction of sp³-hybridized carbons (Fsp3) is 0.800. The van der Waals surface area contributed by atoms with Crippen LogP contribution in [0.4, 0.5) is 0 Å². The number of unbranched alkanes of at least 4 members (excludes halogenated alkanes) is 1. The van der Waals surface area contributed by atoms with Crippen LogP contribution in [0.5, 0.6) is 0 Å². The topological polar surface area (TPSA) is 69.6 Å². The third-order valence-electron chi connectivity index (χ3n) is 0.929. The molecule has 0 aliphatic carbocycles. The fourth-order valence-electron chi connectivity index (χ4n) is 0.480. The molecule has 0 bridgehead atoms. The number of hydrogen-bond donors (Lipinski definition) is 3. The molecule has 9 heavy (non-hydrogen) atoms. The summed E-state index contributed by atoms with van der Waals surface area (Å²) >= 11 is 0. The van der Waals surface area contributed by atoms with E-state index in [4.69, 9.17) is 10.3 Å². The predicted molar refractivity (Wildman–Crippen MR) is 31.3 cm³/mol. The Bertz CT molecular complexity index is 84.3. The lowest BCUT2D eigenvalue weighted by molar-refractivity contribution is -0.137. The van der Waals surface area contributed by atoms with Crippen LogP contribution in [0.25, 0.3) is 0 Å². The van der Waals surface area contributed by atoms with Crippen molar-refractivity contribution >= 4 is 5.97 Å². The number of carbonyl (C=O) groups is 1. The SMILES string of the molecule is O=C(O)CCCCNO. The monoisotopic (exact) mass is 133 g/mol. The molecule has 0 fully saturated rings. The number of rotatable bonds is 5. The third kappa shape index (κ3) is 7.39. The van der Waals surface area contributed by atoms with Crippen molar-refractivity contribution in [2.45, 2.75) is 19.3 Å². The van der Waals surface area contributed by atoms with E-state index in [0.717, 1.165) is 0 Å². The van der Waals surface area contributed by atoms with Gasteiger partial charge in [-0.1, -0.05) is 0 Å². The fourth-order valence-corrected chi connectivity index (χ4v) is 0.480. The molecule has 0 spiro atoms. The Kier molecular flexibility index (Phi) is 5.15. The molecule has 0 aromatic rings. The molecule has 0 unspecified atom stereocenters. The first kappa shape index (κ1) is 8.39. The zero-order valence-corrected chi connectivity index (χ0v) is 5.13. The molecule has 0 saturated carbocycles. The molecule has 0 atom stereocenters. The average molecular weight is 133 g/mol. The molecule has 0 heterocycles. The summed E-state index contributed by atoms with van der Waals surface area (Å²) in [5, 5.41) is 16.2. The van der Waals surface area contributed by atoms with E-state index in [1.165, 1.54) is 0 Å². The van der Waals surface area contributed by atoms with Crippen molar-refractivity contribution in [3.63, 3.8) is 0 Å². The van der Waals surface area contributed by atoms with Gasteiger partial charge in [0.05, 0.1) is 0 Å². The highest BCUT2D eigenvalue weighted by molar-refractivity contribution is 5.66. The highest BCUT2D eigenvalue weighted by Crippen LogP contribution is 1.92. The first-order valence-corrected chi connectivity index (χ1v) is 2.86. The van der Waals surface area contributed by atoms with Gasteiger partial charge >= 0.3 is 5.97 Å². The van der Waals surface area contributed by atoms with Gasteiger partial charge < -0.3 is 10.3 Å². The van der Waals surface area contributed by atoms with E-state index in [9.17, 15) is 4.79 Å². The second-order valence-electron chi connectivity index (χ2n) is 1.76. The molecule has 0 aliphatic rings. The lowest BCUT2D eigenvalue weighted by Crippen LogP contribution is -2.08. The largest absolute Gasteiger partial charge is 0.481 e. The Hall–Kier alpha value is -0.610. The minimum absolute atomic E-state index is 0.182. The molecular formula is C5H11NO3. The van der Waals surface area contributed by atoms with Gasteiger partial charge in [-0.3, -0.25) is 4.79 Å². The Morgan fingerprint density at radius 1 is 1.44 bits per heavy atom. The van der Waals surface area contributed by atoms with E-state index in [1.54, 1.807) is 0 Å². The van der Waals surface area contributed by atoms with Gasteiger partial charge in [0.1, 0.15) is 0 Å². The highest BCUT2D eigenvalue weighted by Gasteiger charge is 1.94. The van der Waals surface area contributed by atoms with E-state index in [-0.39, 0.29) is 6.42 Å². The van der Waals surface area contributed by atoms with Crippen molar-refractivity contribution in [1.82, 2.24) is 5.48 Å². The van der Waals surface area contributed by atoms with Crippen molar-refractivity contribution in [1.29, 1.82) is 0 Å². The summed E-state index contributed by atoms with van der Waals surface area (Å²) in [6.07, 6.45) is 1.49. The smallest absolute Gasteiger partial charge is 0.303 e. The molecular weight excluding hydrogens is 122 g/mol. The number of carboxylic acid groups (broad SMARTS) is 1. The number of carboxylic acids is 1. The summed E-state index contributed by atoms with van der Waals surface area (Å²) in [5.74, 6) is -0.784. The van der Waals surface area contributed by atoms with Crippen molar-refractivity contribution in [3.05, 3.63) is 0 Å². The molecule has 54 valence electrons. The number of nitrogens with one attached hydrogen (secondary N) is 1. The molecule has 0 aromatic heterocycles. The Morgan fingerprint density at radius 2 is 2.11 bits per heavy atom. The van der Waals surface area contributed by atoms with Crippen LogP contribution in [0.3, 0.4) is 0 Å². The molecule has 0 rings (SSSR count). The van der Waals surface area contributed by atoms with Crippen LogP contribution in [0.2, 0.25) is 0 Å². The van der Waals surface area contributed by atoms with Gasteiger partial charge in [-0.25, -0.2) is 5.48 Å². The maximum atomic E-state index is 9.88. The Balaban J connectivity index is 2.83. The molecule has 0 aliphatic heterocycles. The van der Waals surface area contributed by atoms with Gasteiger partial charge in [-0.15, -0.1) is 0 Å². The Morgan fingerprint density at radius 3 is 2.56 bits per heavy atom. The summed E-state index contributed by atoms with van der Waals surface area (Å²) in [7, 11) is 0. The predicted octanol–water partition coefficient (Wildman–Crippen LogP) is 0.220. The van der Waals surface area contributed by atoms with E-state index in [1.807, 2.05) is 5.48 Å². The summed E-state index contributed by atoms with van der Waals surface area (Å²) in [5.41, 5.74) is 1.95. The van der Waals surface area contributed by atoms with Crippen LogP contribution in [0.1, 0.15) is 19.3 Å². The molecule has 0 aromatic carbocycles. The zero-order valence-electron chi connectivity index (χ0n) is 5.13. The van der Waals surface area contributed by atoms with Crippen LogP contribution < -0.4 is 5.48 Å². The van der Waals surface area contributed by atoms with Crippen molar-refractivity contribution in [2.75, 3.05) is 6.54 Å². The molecule has 0 saturated heterocycles. The van der Waals surface area contributed by atoms with E-state index in [2.05, 4.69) is 0 Å². The van der Waals surface area contributed by atoms with Gasteiger partial charge in [0, 0.05) is 13.0 Å². The second kappa shape index (κ2) is 5.53. The van der Waals surface area contributed by atoms with Gasteiger partial charge in [0.15, 0.2) is 0 Å². The molecule has 0 amide bonds. The van der Waals surface area contributed by atoms with Gasteiger partial charge in [-0.2, -0.15) is 0 Å². The van der Waals surface area contributed by atoms with E-state index < -0.39 is 5.97 Å².